The highest BCUT2D eigenvalue weighted by molar-refractivity contribution is 5.85. The number of carbonyl (C=O) groups excluding carboxylic acids is 2. The van der Waals surface area contributed by atoms with Crippen molar-refractivity contribution in [3.8, 4) is 0 Å². The fraction of sp³-hybridized carbons (Fsp3) is 0.333. The minimum Gasteiger partial charge on any atom is -0.445 e. The summed E-state index contributed by atoms with van der Waals surface area (Å²) in [6.07, 6.45) is 2.17. The molecule has 0 bridgehead atoms. The van der Waals surface area contributed by atoms with Crippen molar-refractivity contribution in [2.75, 3.05) is 6.54 Å². The Labute approximate surface area is 153 Å². The summed E-state index contributed by atoms with van der Waals surface area (Å²) in [5.41, 5.74) is 1.89. The zero-order valence-corrected chi connectivity index (χ0v) is 14.7. The maximum Gasteiger partial charge on any atom is 0.408 e. The Bertz CT molecular complexity index is 715. The minimum absolute atomic E-state index is 0.169. The van der Waals surface area contributed by atoms with Crippen molar-refractivity contribution < 1.29 is 14.3 Å². The van der Waals surface area contributed by atoms with Crippen LogP contribution in [0.5, 0.6) is 0 Å². The first-order valence-electron chi connectivity index (χ1n) is 8.99. The number of nitrogens with one attached hydrogen (secondary N) is 2. The molecule has 0 unspecified atom stereocenters. The number of rotatable bonds is 8. The van der Waals surface area contributed by atoms with Crippen molar-refractivity contribution >= 4 is 12.0 Å². The quantitative estimate of drug-likeness (QED) is 0.767. The van der Waals surface area contributed by atoms with Crippen LogP contribution in [0, 0.1) is 5.92 Å². The third-order valence-electron chi connectivity index (χ3n) is 4.37. The Morgan fingerprint density at radius 1 is 0.962 bits per heavy atom. The molecule has 1 fully saturated rings. The molecule has 0 saturated heterocycles. The van der Waals surface area contributed by atoms with Crippen LogP contribution in [0.15, 0.2) is 60.7 Å². The first-order chi connectivity index (χ1) is 12.7. The van der Waals surface area contributed by atoms with E-state index in [-0.39, 0.29) is 12.5 Å². The average molecular weight is 352 g/mol. The molecule has 2 aromatic rings. The van der Waals surface area contributed by atoms with Gasteiger partial charge in [0.15, 0.2) is 0 Å². The van der Waals surface area contributed by atoms with Crippen LogP contribution < -0.4 is 10.6 Å². The first kappa shape index (κ1) is 18.0. The molecular formula is C21H24N2O3. The van der Waals surface area contributed by atoms with Gasteiger partial charge < -0.3 is 15.4 Å². The number of alkyl carbamates (subject to hydrolysis) is 1. The molecule has 5 nitrogen and oxygen atoms in total. The van der Waals surface area contributed by atoms with Crippen molar-refractivity contribution in [3.63, 3.8) is 0 Å². The maximum atomic E-state index is 12.5. The molecule has 1 saturated carbocycles. The number of hydrogen-bond donors (Lipinski definition) is 2. The molecular weight excluding hydrogens is 328 g/mol. The van der Waals surface area contributed by atoms with Gasteiger partial charge in [0.25, 0.3) is 0 Å². The van der Waals surface area contributed by atoms with Crippen LogP contribution in [0.1, 0.15) is 24.0 Å². The summed E-state index contributed by atoms with van der Waals surface area (Å²) in [6, 6.07) is 18.4. The monoisotopic (exact) mass is 352 g/mol. The van der Waals surface area contributed by atoms with Gasteiger partial charge in [0.05, 0.1) is 0 Å². The summed E-state index contributed by atoms with van der Waals surface area (Å²) in [5.74, 6) is 0.416. The predicted octanol–water partition coefficient (Wildman–Crippen LogP) is 3.05. The Morgan fingerprint density at radius 3 is 2.19 bits per heavy atom. The van der Waals surface area contributed by atoms with E-state index in [0.29, 0.717) is 18.9 Å². The molecule has 26 heavy (non-hydrogen) atoms. The molecule has 1 aliphatic rings. The zero-order valence-electron chi connectivity index (χ0n) is 14.7. The van der Waals surface area contributed by atoms with Crippen molar-refractivity contribution in [2.24, 2.45) is 5.92 Å². The normalized spacial score (nSPS) is 14.3. The fourth-order valence-corrected chi connectivity index (χ4v) is 2.66. The van der Waals surface area contributed by atoms with Gasteiger partial charge in [0, 0.05) is 13.0 Å². The van der Waals surface area contributed by atoms with Crippen molar-refractivity contribution in [1.29, 1.82) is 0 Å². The highest BCUT2D eigenvalue weighted by Crippen LogP contribution is 2.27. The predicted molar refractivity (Wildman–Crippen MR) is 99.4 cm³/mol. The lowest BCUT2D eigenvalue weighted by atomic mass is 10.1. The molecule has 0 aliphatic heterocycles. The lowest BCUT2D eigenvalue weighted by Gasteiger charge is -2.18. The van der Waals surface area contributed by atoms with E-state index < -0.39 is 12.1 Å². The standard InChI is InChI=1S/C21H24N2O3/c24-20(22-14-17-11-12-17)19(13-16-7-3-1-4-8-16)23-21(25)26-15-18-9-5-2-6-10-18/h1-10,17,19H,11-15H2,(H,22,24)(H,23,25)/t19-/m0/s1. The Morgan fingerprint density at radius 2 is 1.58 bits per heavy atom. The van der Waals surface area contributed by atoms with Crippen molar-refractivity contribution in [3.05, 3.63) is 71.8 Å². The number of hydrogen-bond acceptors (Lipinski definition) is 3. The van der Waals surface area contributed by atoms with Gasteiger partial charge in [-0.2, -0.15) is 0 Å². The van der Waals surface area contributed by atoms with E-state index in [1.54, 1.807) is 0 Å². The van der Waals surface area contributed by atoms with E-state index >= 15 is 0 Å². The second kappa shape index (κ2) is 9.04. The van der Waals surface area contributed by atoms with E-state index in [1.165, 1.54) is 0 Å². The summed E-state index contributed by atoms with van der Waals surface area (Å²) in [7, 11) is 0. The van der Waals surface area contributed by atoms with Gasteiger partial charge in [-0.3, -0.25) is 4.79 Å². The maximum absolute atomic E-state index is 12.5. The van der Waals surface area contributed by atoms with E-state index in [9.17, 15) is 9.59 Å². The van der Waals surface area contributed by atoms with E-state index in [2.05, 4.69) is 10.6 Å². The topological polar surface area (TPSA) is 67.4 Å². The van der Waals surface area contributed by atoms with Crippen LogP contribution in [0.2, 0.25) is 0 Å². The van der Waals surface area contributed by atoms with Crippen LogP contribution in [0.4, 0.5) is 4.79 Å². The second-order valence-corrected chi connectivity index (χ2v) is 6.64. The highest BCUT2D eigenvalue weighted by Gasteiger charge is 2.26. The van der Waals surface area contributed by atoms with E-state index in [4.69, 9.17) is 4.74 Å². The fourth-order valence-electron chi connectivity index (χ4n) is 2.66. The summed E-state index contributed by atoms with van der Waals surface area (Å²) >= 11 is 0. The molecule has 5 heteroatoms. The number of benzene rings is 2. The van der Waals surface area contributed by atoms with Gasteiger partial charge in [-0.25, -0.2) is 4.79 Å². The molecule has 2 N–H and O–H groups in total. The van der Waals surface area contributed by atoms with Gasteiger partial charge >= 0.3 is 6.09 Å². The Kier molecular flexibility index (Phi) is 6.25. The van der Waals surface area contributed by atoms with Crippen LogP contribution >= 0.6 is 0 Å². The molecule has 1 atom stereocenters. The summed E-state index contributed by atoms with van der Waals surface area (Å²) in [5, 5.41) is 5.64. The largest absolute Gasteiger partial charge is 0.445 e. The smallest absolute Gasteiger partial charge is 0.408 e. The van der Waals surface area contributed by atoms with Gasteiger partial charge in [0.1, 0.15) is 12.6 Å². The van der Waals surface area contributed by atoms with Crippen LogP contribution in [0.3, 0.4) is 0 Å². The van der Waals surface area contributed by atoms with Crippen LogP contribution in [0.25, 0.3) is 0 Å². The molecule has 136 valence electrons. The summed E-state index contributed by atoms with van der Waals surface area (Å²) < 4.78 is 5.25. The van der Waals surface area contributed by atoms with Crippen molar-refractivity contribution in [1.82, 2.24) is 10.6 Å². The molecule has 2 amide bonds. The molecule has 2 aromatic carbocycles. The molecule has 0 radical (unpaired) electrons. The molecule has 1 aliphatic carbocycles. The SMILES string of the molecule is O=C(N[C@@H](Cc1ccccc1)C(=O)NCC1CC1)OCc1ccccc1. The number of carbonyl (C=O) groups is 2. The zero-order chi connectivity index (χ0) is 18.2. The Hall–Kier alpha value is -2.82. The van der Waals surface area contributed by atoms with Crippen LogP contribution in [-0.4, -0.2) is 24.6 Å². The van der Waals surface area contributed by atoms with Gasteiger partial charge in [-0.1, -0.05) is 60.7 Å². The van der Waals surface area contributed by atoms with Crippen molar-refractivity contribution in [2.45, 2.75) is 31.9 Å². The number of amides is 2. The molecule has 0 spiro atoms. The average Bonchev–Trinajstić information content (AvgIpc) is 3.50. The van der Waals surface area contributed by atoms with Crippen LogP contribution in [-0.2, 0) is 22.6 Å². The van der Waals surface area contributed by atoms with E-state index in [1.807, 2.05) is 60.7 Å². The van der Waals surface area contributed by atoms with Gasteiger partial charge in [-0.15, -0.1) is 0 Å². The lowest BCUT2D eigenvalue weighted by molar-refractivity contribution is -0.123. The molecule has 0 heterocycles. The third-order valence-corrected chi connectivity index (χ3v) is 4.37. The second-order valence-electron chi connectivity index (χ2n) is 6.64. The molecule has 0 aromatic heterocycles. The number of ether oxygens (including phenoxy) is 1. The lowest BCUT2D eigenvalue weighted by Crippen LogP contribution is -2.48. The minimum atomic E-state index is -0.653. The summed E-state index contributed by atoms with van der Waals surface area (Å²) in [4.78, 5) is 24.7. The van der Waals surface area contributed by atoms with Gasteiger partial charge in [0.2, 0.25) is 5.91 Å². The first-order valence-corrected chi connectivity index (χ1v) is 8.99. The van der Waals surface area contributed by atoms with E-state index in [0.717, 1.165) is 24.0 Å². The van der Waals surface area contributed by atoms with Gasteiger partial charge in [-0.05, 0) is 29.9 Å². The highest BCUT2D eigenvalue weighted by atomic mass is 16.5. The molecule has 3 rings (SSSR count). The Balaban J connectivity index is 1.56. The summed E-state index contributed by atoms with van der Waals surface area (Å²) in [6.45, 7) is 0.847. The third kappa shape index (κ3) is 5.92.